The highest BCUT2D eigenvalue weighted by atomic mass is 127. The fraction of sp³-hybridized carbons (Fsp3) is 0. The van der Waals surface area contributed by atoms with E-state index in [9.17, 15) is 4.79 Å². The molecular weight excluding hydrogens is 385 g/mol. The predicted octanol–water partition coefficient (Wildman–Crippen LogP) is 5.27. The lowest BCUT2D eigenvalue weighted by molar-refractivity contribution is 0.103. The number of ketones is 1. The fourth-order valence-corrected chi connectivity index (χ4v) is 2.58. The molecule has 0 atom stereocenters. The van der Waals surface area contributed by atoms with E-state index in [4.69, 9.17) is 0 Å². The zero-order chi connectivity index (χ0) is 15.4. The van der Waals surface area contributed by atoms with Crippen LogP contribution < -0.4 is 5.32 Å². The van der Waals surface area contributed by atoms with E-state index in [1.165, 1.54) is 3.57 Å². The molecule has 0 saturated carbocycles. The quantitative estimate of drug-likeness (QED) is 0.479. The number of carbonyl (C=O) groups is 1. The van der Waals surface area contributed by atoms with Crippen LogP contribution in [0.5, 0.6) is 0 Å². The van der Waals surface area contributed by atoms with Crippen molar-refractivity contribution in [3.8, 4) is 0 Å². The Labute approximate surface area is 143 Å². The summed E-state index contributed by atoms with van der Waals surface area (Å²) < 4.78 is 1.18. The van der Waals surface area contributed by atoms with Crippen LogP contribution in [0.1, 0.15) is 15.9 Å². The molecule has 108 valence electrons. The molecular formula is C19H14INO. The molecule has 3 aromatic rings. The van der Waals surface area contributed by atoms with Crippen LogP contribution in [-0.4, -0.2) is 5.78 Å². The summed E-state index contributed by atoms with van der Waals surface area (Å²) in [5.74, 6) is 0.0224. The van der Waals surface area contributed by atoms with Crippen LogP contribution in [0.25, 0.3) is 0 Å². The summed E-state index contributed by atoms with van der Waals surface area (Å²) in [5.41, 5.74) is 3.15. The van der Waals surface area contributed by atoms with Crippen molar-refractivity contribution >= 4 is 39.7 Å². The first-order chi connectivity index (χ1) is 10.7. The standard InChI is InChI=1S/C19H14INO/c20-15-10-12-16(13-11-15)21-18-9-5-4-8-17(18)19(22)14-6-2-1-3-7-14/h1-13,21H. The molecule has 0 fully saturated rings. The highest BCUT2D eigenvalue weighted by Gasteiger charge is 2.12. The SMILES string of the molecule is O=C(c1ccccc1)c1ccccc1Nc1ccc(I)cc1. The van der Waals surface area contributed by atoms with Crippen molar-refractivity contribution in [1.29, 1.82) is 0 Å². The van der Waals surface area contributed by atoms with Gasteiger partial charge in [0.2, 0.25) is 0 Å². The maximum Gasteiger partial charge on any atom is 0.195 e. The summed E-state index contributed by atoms with van der Waals surface area (Å²) in [4.78, 5) is 12.7. The first-order valence-corrected chi connectivity index (χ1v) is 8.03. The summed E-state index contributed by atoms with van der Waals surface area (Å²) in [6, 6.07) is 25.0. The molecule has 0 heterocycles. The molecule has 0 aromatic heterocycles. The van der Waals surface area contributed by atoms with Gasteiger partial charge in [-0.3, -0.25) is 4.79 Å². The summed E-state index contributed by atoms with van der Waals surface area (Å²) >= 11 is 2.27. The molecule has 0 amide bonds. The van der Waals surface area contributed by atoms with Gasteiger partial charge in [0.05, 0.1) is 0 Å². The van der Waals surface area contributed by atoms with Crippen LogP contribution in [0.15, 0.2) is 78.9 Å². The Morgan fingerprint density at radius 3 is 2.14 bits per heavy atom. The van der Waals surface area contributed by atoms with Crippen molar-refractivity contribution in [3.05, 3.63) is 93.6 Å². The Morgan fingerprint density at radius 1 is 0.773 bits per heavy atom. The Hall–Kier alpha value is -2.14. The minimum absolute atomic E-state index is 0.0224. The van der Waals surface area contributed by atoms with E-state index in [-0.39, 0.29) is 5.78 Å². The summed E-state index contributed by atoms with van der Waals surface area (Å²) in [5, 5.41) is 3.33. The number of hydrogen-bond acceptors (Lipinski definition) is 2. The van der Waals surface area contributed by atoms with Gasteiger partial charge in [-0.05, 0) is 59.0 Å². The first kappa shape index (κ1) is 14.8. The van der Waals surface area contributed by atoms with Gasteiger partial charge in [0.25, 0.3) is 0 Å². The molecule has 0 radical (unpaired) electrons. The van der Waals surface area contributed by atoms with E-state index in [0.717, 1.165) is 11.4 Å². The van der Waals surface area contributed by atoms with Crippen LogP contribution in [0.3, 0.4) is 0 Å². The van der Waals surface area contributed by atoms with Gasteiger partial charge in [0, 0.05) is 26.1 Å². The number of halogens is 1. The number of nitrogens with one attached hydrogen (secondary N) is 1. The van der Waals surface area contributed by atoms with Crippen LogP contribution >= 0.6 is 22.6 Å². The van der Waals surface area contributed by atoms with Gasteiger partial charge in [0.15, 0.2) is 5.78 Å². The molecule has 0 unspecified atom stereocenters. The van der Waals surface area contributed by atoms with Crippen LogP contribution in [0.2, 0.25) is 0 Å². The second-order valence-corrected chi connectivity index (χ2v) is 6.12. The summed E-state index contributed by atoms with van der Waals surface area (Å²) in [7, 11) is 0. The Morgan fingerprint density at radius 2 is 1.41 bits per heavy atom. The minimum atomic E-state index is 0.0224. The van der Waals surface area contributed by atoms with Gasteiger partial charge >= 0.3 is 0 Å². The third kappa shape index (κ3) is 3.36. The maximum atomic E-state index is 12.7. The second kappa shape index (κ2) is 6.75. The second-order valence-electron chi connectivity index (χ2n) is 4.87. The van der Waals surface area contributed by atoms with Gasteiger partial charge < -0.3 is 5.32 Å². The van der Waals surface area contributed by atoms with Gasteiger partial charge in [-0.1, -0.05) is 42.5 Å². The molecule has 0 aliphatic heterocycles. The lowest BCUT2D eigenvalue weighted by atomic mass is 10.0. The molecule has 2 nitrogen and oxygen atoms in total. The van der Waals surface area contributed by atoms with Crippen LogP contribution in [0.4, 0.5) is 11.4 Å². The third-order valence-corrected chi connectivity index (χ3v) is 4.05. The zero-order valence-corrected chi connectivity index (χ0v) is 13.9. The molecule has 3 aromatic carbocycles. The highest BCUT2D eigenvalue weighted by Crippen LogP contribution is 2.23. The number of benzene rings is 3. The maximum absolute atomic E-state index is 12.7. The number of hydrogen-bond donors (Lipinski definition) is 1. The zero-order valence-electron chi connectivity index (χ0n) is 11.8. The molecule has 3 heteroatoms. The third-order valence-electron chi connectivity index (χ3n) is 3.33. The van der Waals surface area contributed by atoms with E-state index in [0.29, 0.717) is 11.1 Å². The Bertz CT molecular complexity index is 782. The van der Waals surface area contributed by atoms with Crippen molar-refractivity contribution in [3.63, 3.8) is 0 Å². The number of rotatable bonds is 4. The fourth-order valence-electron chi connectivity index (χ4n) is 2.22. The first-order valence-electron chi connectivity index (χ1n) is 6.95. The van der Waals surface area contributed by atoms with Crippen LogP contribution in [0, 0.1) is 3.57 Å². The van der Waals surface area contributed by atoms with Gasteiger partial charge in [-0.15, -0.1) is 0 Å². The molecule has 0 saturated heterocycles. The highest BCUT2D eigenvalue weighted by molar-refractivity contribution is 14.1. The van der Waals surface area contributed by atoms with Crippen molar-refractivity contribution in [2.24, 2.45) is 0 Å². The molecule has 3 rings (SSSR count). The van der Waals surface area contributed by atoms with E-state index in [1.807, 2.05) is 78.9 Å². The van der Waals surface area contributed by atoms with Gasteiger partial charge in [-0.25, -0.2) is 0 Å². The normalized spacial score (nSPS) is 10.2. The largest absolute Gasteiger partial charge is 0.355 e. The van der Waals surface area contributed by atoms with E-state index in [2.05, 4.69) is 27.9 Å². The van der Waals surface area contributed by atoms with E-state index in [1.54, 1.807) is 0 Å². The van der Waals surface area contributed by atoms with Gasteiger partial charge in [-0.2, -0.15) is 0 Å². The molecule has 0 bridgehead atoms. The van der Waals surface area contributed by atoms with E-state index >= 15 is 0 Å². The minimum Gasteiger partial charge on any atom is -0.355 e. The molecule has 0 aliphatic rings. The Balaban J connectivity index is 1.93. The lowest BCUT2D eigenvalue weighted by Crippen LogP contribution is -2.05. The van der Waals surface area contributed by atoms with Crippen molar-refractivity contribution in [2.45, 2.75) is 0 Å². The monoisotopic (exact) mass is 399 g/mol. The average Bonchev–Trinajstić information content (AvgIpc) is 2.58. The summed E-state index contributed by atoms with van der Waals surface area (Å²) in [6.45, 7) is 0. The predicted molar refractivity (Wildman–Crippen MR) is 98.8 cm³/mol. The molecule has 0 aliphatic carbocycles. The smallest absolute Gasteiger partial charge is 0.195 e. The van der Waals surface area contributed by atoms with Crippen molar-refractivity contribution in [2.75, 3.05) is 5.32 Å². The van der Waals surface area contributed by atoms with Crippen LogP contribution in [-0.2, 0) is 0 Å². The molecule has 22 heavy (non-hydrogen) atoms. The number of anilines is 2. The molecule has 1 N–H and O–H groups in total. The Kier molecular flexibility index (Phi) is 4.53. The molecule has 0 spiro atoms. The van der Waals surface area contributed by atoms with Crippen molar-refractivity contribution in [1.82, 2.24) is 0 Å². The van der Waals surface area contributed by atoms with Crippen molar-refractivity contribution < 1.29 is 4.79 Å². The number of carbonyl (C=O) groups excluding carboxylic acids is 1. The average molecular weight is 399 g/mol. The topological polar surface area (TPSA) is 29.1 Å². The van der Waals surface area contributed by atoms with E-state index < -0.39 is 0 Å². The number of para-hydroxylation sites is 1. The van der Waals surface area contributed by atoms with Gasteiger partial charge in [0.1, 0.15) is 0 Å². The summed E-state index contributed by atoms with van der Waals surface area (Å²) in [6.07, 6.45) is 0. The lowest BCUT2D eigenvalue weighted by Gasteiger charge is -2.11.